The van der Waals surface area contributed by atoms with Crippen molar-refractivity contribution < 1.29 is 14.7 Å². The van der Waals surface area contributed by atoms with E-state index in [2.05, 4.69) is 0 Å². The van der Waals surface area contributed by atoms with Gasteiger partial charge in [-0.3, -0.25) is 9.59 Å². The Morgan fingerprint density at radius 1 is 1.00 bits per heavy atom. The Balaban J connectivity index is 2.36. The Hall–Kier alpha value is -2.82. The smallest absolute Gasteiger partial charge is 0.323 e. The topological polar surface area (TPSA) is 83.6 Å². The van der Waals surface area contributed by atoms with Crippen molar-refractivity contribution in [3.63, 3.8) is 0 Å². The lowest BCUT2D eigenvalue weighted by molar-refractivity contribution is -0.135. The van der Waals surface area contributed by atoms with Gasteiger partial charge in [0.25, 0.3) is 5.91 Å². The number of para-hydroxylation sites is 1. The van der Waals surface area contributed by atoms with E-state index in [1.54, 1.807) is 29.2 Å². The molecule has 0 unspecified atom stereocenters. The standard InChI is InChI=1S/C16H16N2O3/c17-16(21)13-8-4-5-9-14(13)18(11-15(19)20)10-12-6-2-1-3-7-12/h1-9H,10-11H2,(H2,17,21)(H,19,20). The van der Waals surface area contributed by atoms with Crippen LogP contribution in [0.25, 0.3) is 0 Å². The van der Waals surface area contributed by atoms with Gasteiger partial charge in [-0.25, -0.2) is 0 Å². The molecular weight excluding hydrogens is 268 g/mol. The van der Waals surface area contributed by atoms with Crippen LogP contribution in [0.1, 0.15) is 15.9 Å². The van der Waals surface area contributed by atoms with Crippen molar-refractivity contribution in [1.82, 2.24) is 0 Å². The van der Waals surface area contributed by atoms with Crippen LogP contribution in [0.4, 0.5) is 5.69 Å². The first-order valence-corrected chi connectivity index (χ1v) is 6.47. The zero-order valence-electron chi connectivity index (χ0n) is 11.4. The monoisotopic (exact) mass is 284 g/mol. The fourth-order valence-electron chi connectivity index (χ4n) is 2.15. The van der Waals surface area contributed by atoms with Crippen LogP contribution in [-0.2, 0) is 11.3 Å². The predicted molar refractivity (Wildman–Crippen MR) is 80.1 cm³/mol. The summed E-state index contributed by atoms with van der Waals surface area (Å²) < 4.78 is 0. The molecule has 5 nitrogen and oxygen atoms in total. The highest BCUT2D eigenvalue weighted by molar-refractivity contribution is 5.99. The zero-order valence-corrected chi connectivity index (χ0v) is 11.4. The number of primary amides is 1. The molecule has 2 aromatic rings. The maximum absolute atomic E-state index is 11.5. The summed E-state index contributed by atoms with van der Waals surface area (Å²) in [6.45, 7) is 0.177. The molecule has 0 aliphatic carbocycles. The first-order valence-electron chi connectivity index (χ1n) is 6.47. The van der Waals surface area contributed by atoms with E-state index in [1.807, 2.05) is 30.3 Å². The number of nitrogens with two attached hydrogens (primary N) is 1. The van der Waals surface area contributed by atoms with E-state index >= 15 is 0 Å². The van der Waals surface area contributed by atoms with Crippen LogP contribution in [0, 0.1) is 0 Å². The number of carboxylic acids is 1. The SMILES string of the molecule is NC(=O)c1ccccc1N(CC(=O)O)Cc1ccccc1. The molecule has 0 aliphatic heterocycles. The predicted octanol–water partition coefficient (Wildman–Crippen LogP) is 1.88. The van der Waals surface area contributed by atoms with Crippen molar-refractivity contribution in [2.45, 2.75) is 6.54 Å². The molecule has 2 rings (SSSR count). The Kier molecular flexibility index (Phi) is 4.56. The van der Waals surface area contributed by atoms with Gasteiger partial charge in [0.2, 0.25) is 0 Å². The van der Waals surface area contributed by atoms with Crippen LogP contribution in [0.5, 0.6) is 0 Å². The molecule has 0 saturated carbocycles. The Bertz CT molecular complexity index is 641. The number of benzene rings is 2. The second-order valence-electron chi connectivity index (χ2n) is 4.62. The van der Waals surface area contributed by atoms with E-state index in [0.717, 1.165) is 5.56 Å². The van der Waals surface area contributed by atoms with Crippen molar-refractivity contribution in [3.8, 4) is 0 Å². The van der Waals surface area contributed by atoms with Crippen molar-refractivity contribution in [1.29, 1.82) is 0 Å². The van der Waals surface area contributed by atoms with Crippen LogP contribution in [0.2, 0.25) is 0 Å². The van der Waals surface area contributed by atoms with Crippen molar-refractivity contribution >= 4 is 17.6 Å². The molecular formula is C16H16N2O3. The lowest BCUT2D eigenvalue weighted by atomic mass is 10.1. The Morgan fingerprint density at radius 2 is 1.62 bits per heavy atom. The quantitative estimate of drug-likeness (QED) is 0.848. The first kappa shape index (κ1) is 14.6. The molecule has 0 radical (unpaired) electrons. The van der Waals surface area contributed by atoms with E-state index in [1.165, 1.54) is 0 Å². The third-order valence-electron chi connectivity index (χ3n) is 3.05. The summed E-state index contributed by atoms with van der Waals surface area (Å²) >= 11 is 0. The lowest BCUT2D eigenvalue weighted by Crippen LogP contribution is -2.31. The molecule has 3 N–H and O–H groups in total. The fraction of sp³-hybridized carbons (Fsp3) is 0.125. The number of hydrogen-bond acceptors (Lipinski definition) is 3. The summed E-state index contributed by atoms with van der Waals surface area (Å²) in [7, 11) is 0. The van der Waals surface area contributed by atoms with E-state index in [4.69, 9.17) is 10.8 Å². The van der Waals surface area contributed by atoms with Gasteiger partial charge in [-0.05, 0) is 17.7 Å². The molecule has 0 spiro atoms. The molecule has 21 heavy (non-hydrogen) atoms. The molecule has 2 aromatic carbocycles. The number of aliphatic carboxylic acids is 1. The number of hydrogen-bond donors (Lipinski definition) is 2. The minimum atomic E-state index is -0.967. The lowest BCUT2D eigenvalue weighted by Gasteiger charge is -2.24. The molecule has 0 bridgehead atoms. The molecule has 5 heteroatoms. The third kappa shape index (κ3) is 3.82. The number of rotatable bonds is 6. The average molecular weight is 284 g/mol. The molecule has 0 saturated heterocycles. The van der Waals surface area contributed by atoms with Crippen molar-refractivity contribution in [2.24, 2.45) is 5.73 Å². The number of carbonyl (C=O) groups excluding carboxylic acids is 1. The van der Waals surface area contributed by atoms with Crippen LogP contribution in [-0.4, -0.2) is 23.5 Å². The Morgan fingerprint density at radius 3 is 2.24 bits per heavy atom. The van der Waals surface area contributed by atoms with Gasteiger partial charge in [0, 0.05) is 6.54 Å². The third-order valence-corrected chi connectivity index (χ3v) is 3.05. The molecule has 0 atom stereocenters. The molecule has 0 heterocycles. The fourth-order valence-corrected chi connectivity index (χ4v) is 2.15. The number of anilines is 1. The van der Waals surface area contributed by atoms with Crippen LogP contribution in [0.15, 0.2) is 54.6 Å². The molecule has 0 aromatic heterocycles. The summed E-state index contributed by atoms with van der Waals surface area (Å²) in [5, 5.41) is 9.09. The number of carbonyl (C=O) groups is 2. The number of carboxylic acid groups (broad SMARTS) is 1. The van der Waals surface area contributed by atoms with E-state index in [0.29, 0.717) is 17.8 Å². The maximum Gasteiger partial charge on any atom is 0.323 e. The largest absolute Gasteiger partial charge is 0.480 e. The first-order chi connectivity index (χ1) is 10.1. The van der Waals surface area contributed by atoms with Gasteiger partial charge in [-0.15, -0.1) is 0 Å². The van der Waals surface area contributed by atoms with Gasteiger partial charge >= 0.3 is 5.97 Å². The summed E-state index contributed by atoms with van der Waals surface area (Å²) in [6.07, 6.45) is 0. The Labute approximate surface area is 122 Å². The second-order valence-corrected chi connectivity index (χ2v) is 4.62. The highest BCUT2D eigenvalue weighted by Gasteiger charge is 2.17. The van der Waals surface area contributed by atoms with Gasteiger partial charge < -0.3 is 15.7 Å². The van der Waals surface area contributed by atoms with Gasteiger partial charge in [0.1, 0.15) is 6.54 Å². The van der Waals surface area contributed by atoms with Crippen molar-refractivity contribution in [2.75, 3.05) is 11.4 Å². The maximum atomic E-state index is 11.5. The minimum absolute atomic E-state index is 0.209. The van der Waals surface area contributed by atoms with Gasteiger partial charge in [0.05, 0.1) is 11.3 Å². The zero-order chi connectivity index (χ0) is 15.2. The van der Waals surface area contributed by atoms with Gasteiger partial charge in [-0.1, -0.05) is 42.5 Å². The molecule has 0 fully saturated rings. The van der Waals surface area contributed by atoms with Crippen LogP contribution >= 0.6 is 0 Å². The molecule has 108 valence electrons. The van der Waals surface area contributed by atoms with Crippen molar-refractivity contribution in [3.05, 3.63) is 65.7 Å². The highest BCUT2D eigenvalue weighted by Crippen LogP contribution is 2.22. The summed E-state index contributed by atoms with van der Waals surface area (Å²) in [5.41, 5.74) is 7.16. The van der Waals surface area contributed by atoms with E-state index in [-0.39, 0.29) is 6.54 Å². The molecule has 1 amide bonds. The van der Waals surface area contributed by atoms with Gasteiger partial charge in [-0.2, -0.15) is 0 Å². The normalized spacial score (nSPS) is 10.1. The highest BCUT2D eigenvalue weighted by atomic mass is 16.4. The van der Waals surface area contributed by atoms with E-state index < -0.39 is 11.9 Å². The minimum Gasteiger partial charge on any atom is -0.480 e. The molecule has 0 aliphatic rings. The summed E-state index contributed by atoms with van der Waals surface area (Å²) in [4.78, 5) is 24.2. The van der Waals surface area contributed by atoms with E-state index in [9.17, 15) is 9.59 Å². The van der Waals surface area contributed by atoms with Gasteiger partial charge in [0.15, 0.2) is 0 Å². The average Bonchev–Trinajstić information content (AvgIpc) is 2.47. The van der Waals surface area contributed by atoms with Crippen LogP contribution in [0.3, 0.4) is 0 Å². The number of nitrogens with zero attached hydrogens (tertiary/aromatic N) is 1. The number of amides is 1. The summed E-state index contributed by atoms with van der Waals surface area (Å²) in [6, 6.07) is 16.2. The van der Waals surface area contributed by atoms with Crippen LogP contribution < -0.4 is 10.6 Å². The summed E-state index contributed by atoms with van der Waals surface area (Å²) in [5.74, 6) is -1.54. The second kappa shape index (κ2) is 6.56.